The number of nitrogens with two attached hydrogens (primary N) is 1. The van der Waals surface area contributed by atoms with E-state index in [1.807, 2.05) is 4.90 Å². The van der Waals surface area contributed by atoms with Crippen molar-refractivity contribution in [3.05, 3.63) is 0 Å². The molecule has 0 atom stereocenters. The number of carbonyl (C=O) groups is 1. The number of thiocarbonyl (C=S) groups is 2. The first-order valence-electron chi connectivity index (χ1n) is 7.00. The molecule has 24 heavy (non-hydrogen) atoms. The first kappa shape index (κ1) is 26.3. The van der Waals surface area contributed by atoms with Crippen LogP contribution in [0.2, 0.25) is 0 Å². The van der Waals surface area contributed by atoms with Crippen LogP contribution in [-0.2, 0) is 9.36 Å². The predicted molar refractivity (Wildman–Crippen MR) is 111 cm³/mol. The van der Waals surface area contributed by atoms with Crippen LogP contribution in [0.25, 0.3) is 0 Å². The number of hydrogen-bond acceptors (Lipinski definition) is 5. The highest BCUT2D eigenvalue weighted by atomic mass is 32.2. The largest absolute Gasteiger partial charge is 0.397 e. The zero-order valence-electron chi connectivity index (χ0n) is 13.6. The molecule has 0 aliphatic heterocycles. The van der Waals surface area contributed by atoms with Gasteiger partial charge in [-0.1, -0.05) is 50.0 Å². The molecule has 13 heteroatoms. The van der Waals surface area contributed by atoms with E-state index in [9.17, 15) is 4.79 Å². The number of nitrogens with zero attached hydrogens (tertiary/aromatic N) is 1. The molecule has 8 nitrogen and oxygen atoms in total. The summed E-state index contributed by atoms with van der Waals surface area (Å²) in [6.07, 6.45) is 1.95. The average molecular weight is 437 g/mol. The summed E-state index contributed by atoms with van der Waals surface area (Å²) in [6, 6.07) is 0. The molecule has 0 fully saturated rings. The molecular formula is C11H25N4O4PS4. The smallest absolute Gasteiger partial charge is 0.354 e. The summed E-state index contributed by atoms with van der Waals surface area (Å²) < 4.78 is 10.1. The Morgan fingerprint density at radius 2 is 1.71 bits per heavy atom. The molecule has 0 aromatic heterocycles. The van der Waals surface area contributed by atoms with E-state index in [1.165, 1.54) is 11.8 Å². The van der Waals surface area contributed by atoms with Gasteiger partial charge in [-0.05, 0) is 12.8 Å². The average Bonchev–Trinajstić information content (AvgIpc) is 2.42. The van der Waals surface area contributed by atoms with E-state index in [0.29, 0.717) is 21.1 Å². The lowest BCUT2D eigenvalue weighted by Gasteiger charge is -2.21. The van der Waals surface area contributed by atoms with Gasteiger partial charge in [-0.25, -0.2) is 10.1 Å². The summed E-state index contributed by atoms with van der Waals surface area (Å²) in [5, 5.41) is 5.76. The van der Waals surface area contributed by atoms with Crippen molar-refractivity contribution in [2.45, 2.75) is 26.7 Å². The third kappa shape index (κ3) is 22.1. The molecule has 0 heterocycles. The minimum absolute atomic E-state index is 0.135. The Labute approximate surface area is 163 Å². The highest BCUT2D eigenvalue weighted by molar-refractivity contribution is 8.23. The lowest BCUT2D eigenvalue weighted by atomic mass is 10.3. The Morgan fingerprint density at radius 1 is 1.25 bits per heavy atom. The lowest BCUT2D eigenvalue weighted by Crippen LogP contribution is -2.36. The molecule has 0 bridgehead atoms. The fourth-order valence-electron chi connectivity index (χ4n) is 1.36. The van der Waals surface area contributed by atoms with E-state index in [1.54, 1.807) is 0 Å². The van der Waals surface area contributed by atoms with Crippen molar-refractivity contribution in [3.63, 3.8) is 0 Å². The van der Waals surface area contributed by atoms with Crippen molar-refractivity contribution in [2.24, 2.45) is 5.50 Å². The van der Waals surface area contributed by atoms with Crippen LogP contribution >= 0.6 is 56.6 Å². The molecule has 0 unspecified atom stereocenters. The Hall–Kier alpha value is 0.0600. The maximum Gasteiger partial charge on any atom is 0.397 e. The number of nitrogens with one attached hydrogen (secondary N) is 2. The van der Waals surface area contributed by atoms with Crippen LogP contribution in [0.15, 0.2) is 0 Å². The molecule has 0 aromatic carbocycles. The Morgan fingerprint density at radius 3 is 2.08 bits per heavy atom. The fraction of sp³-hybridized carbons (Fsp3) is 0.727. The van der Waals surface area contributed by atoms with Gasteiger partial charge < -0.3 is 25.3 Å². The molecular weight excluding hydrogens is 411 g/mol. The van der Waals surface area contributed by atoms with Crippen molar-refractivity contribution in [2.75, 3.05) is 25.5 Å². The lowest BCUT2D eigenvalue weighted by molar-refractivity contribution is -0.128. The number of thiol groups is 1. The highest BCUT2D eigenvalue weighted by Crippen LogP contribution is 2.20. The summed E-state index contributed by atoms with van der Waals surface area (Å²) in [7, 11) is -4.14. The minimum Gasteiger partial charge on any atom is -0.354 e. The monoisotopic (exact) mass is 436 g/mol. The third-order valence-electron chi connectivity index (χ3n) is 2.14. The Bertz CT molecular complexity index is 435. The molecule has 6 N–H and O–H groups in total. The summed E-state index contributed by atoms with van der Waals surface area (Å²) in [5.74, 6) is 0.507. The number of rotatable bonds is 8. The van der Waals surface area contributed by atoms with Crippen LogP contribution in [0.3, 0.4) is 0 Å². The third-order valence-corrected chi connectivity index (χ3v) is 3.74. The first-order valence-corrected chi connectivity index (χ1v) is 10.9. The molecule has 0 aliphatic carbocycles. The maximum atomic E-state index is 12.0. The molecule has 0 aliphatic rings. The first-order chi connectivity index (χ1) is 11.0. The second kappa shape index (κ2) is 15.3. The van der Waals surface area contributed by atoms with Crippen molar-refractivity contribution < 1.29 is 19.1 Å². The van der Waals surface area contributed by atoms with Crippen LogP contribution in [0.1, 0.15) is 26.7 Å². The quantitative estimate of drug-likeness (QED) is 0.142. The standard InChI is InChI=1S/C11H21N3OS4.H4NO3P/c1-3-5-14(6-4-2)9(15)7-19-11(18)13-8-12-10(16)17;1-5(2,3)4/h3-8H2,1-2H3,(H,13,18)(H2,12,16,17);(H4,1,2,3,4). The molecule has 0 spiro atoms. The SMILES string of the molecule is CCCN(CCC)C(=O)CSC(=S)NCNC(=S)S.NP(=O)(O)O. The van der Waals surface area contributed by atoms with E-state index in [2.05, 4.69) is 42.6 Å². The van der Waals surface area contributed by atoms with Gasteiger partial charge in [-0.15, -0.1) is 12.6 Å². The van der Waals surface area contributed by atoms with Gasteiger partial charge in [0.1, 0.15) is 8.64 Å². The van der Waals surface area contributed by atoms with Crippen LogP contribution in [0.4, 0.5) is 0 Å². The number of carbonyl (C=O) groups excluding carboxylic acids is 1. The topological polar surface area (TPSA) is 128 Å². The van der Waals surface area contributed by atoms with Crippen LogP contribution < -0.4 is 16.1 Å². The van der Waals surface area contributed by atoms with Gasteiger partial charge >= 0.3 is 7.75 Å². The predicted octanol–water partition coefficient (Wildman–Crippen LogP) is 1.04. The Kier molecular flexibility index (Phi) is 16.8. The van der Waals surface area contributed by atoms with E-state index < -0.39 is 7.75 Å². The number of hydrogen-bond donors (Lipinski definition) is 6. The van der Waals surface area contributed by atoms with Crippen LogP contribution in [0.5, 0.6) is 0 Å². The zero-order chi connectivity index (χ0) is 19.2. The molecule has 0 saturated heterocycles. The summed E-state index contributed by atoms with van der Waals surface area (Å²) in [4.78, 5) is 28.7. The van der Waals surface area contributed by atoms with E-state index >= 15 is 0 Å². The van der Waals surface area contributed by atoms with Gasteiger partial charge in [0.2, 0.25) is 5.91 Å². The second-order valence-corrected chi connectivity index (χ2v) is 8.37. The van der Waals surface area contributed by atoms with Gasteiger partial charge in [0, 0.05) is 13.1 Å². The summed E-state index contributed by atoms with van der Waals surface area (Å²) in [6.45, 7) is 6.18. The number of thioether (sulfide) groups is 1. The van der Waals surface area contributed by atoms with E-state index in [4.69, 9.17) is 38.8 Å². The van der Waals surface area contributed by atoms with Crippen molar-refractivity contribution in [1.29, 1.82) is 0 Å². The molecule has 0 saturated carbocycles. The molecule has 0 aromatic rings. The Balaban J connectivity index is 0. The van der Waals surface area contributed by atoms with Crippen LogP contribution in [-0.4, -0.2) is 54.7 Å². The molecule has 1 amide bonds. The van der Waals surface area contributed by atoms with Gasteiger partial charge in [0.25, 0.3) is 0 Å². The van der Waals surface area contributed by atoms with Gasteiger partial charge in [0.05, 0.1) is 12.4 Å². The molecule has 0 radical (unpaired) electrons. The van der Waals surface area contributed by atoms with Crippen molar-refractivity contribution in [3.8, 4) is 0 Å². The highest BCUT2D eigenvalue weighted by Gasteiger charge is 2.12. The zero-order valence-corrected chi connectivity index (χ0v) is 17.8. The van der Waals surface area contributed by atoms with E-state index in [0.717, 1.165) is 25.9 Å². The minimum atomic E-state index is -4.14. The molecule has 0 rings (SSSR count). The molecule has 142 valence electrons. The van der Waals surface area contributed by atoms with Crippen molar-refractivity contribution in [1.82, 2.24) is 15.5 Å². The van der Waals surface area contributed by atoms with Crippen molar-refractivity contribution >= 4 is 71.1 Å². The van der Waals surface area contributed by atoms with E-state index in [-0.39, 0.29) is 5.91 Å². The number of amides is 1. The maximum absolute atomic E-state index is 12.0. The van der Waals surface area contributed by atoms with Gasteiger partial charge in [0.15, 0.2) is 0 Å². The van der Waals surface area contributed by atoms with Crippen LogP contribution in [0, 0.1) is 0 Å². The second-order valence-electron chi connectivity index (χ2n) is 4.38. The summed E-state index contributed by atoms with van der Waals surface area (Å²) in [5.41, 5.74) is 4.02. The fourth-order valence-corrected chi connectivity index (χ4v) is 2.37. The van der Waals surface area contributed by atoms with Gasteiger partial charge in [-0.2, -0.15) is 0 Å². The summed E-state index contributed by atoms with van der Waals surface area (Å²) >= 11 is 15.1. The normalized spacial score (nSPS) is 10.2. The van der Waals surface area contributed by atoms with Gasteiger partial charge in [-0.3, -0.25) is 4.79 Å².